The summed E-state index contributed by atoms with van der Waals surface area (Å²) in [6.45, 7) is 2.37. The highest BCUT2D eigenvalue weighted by Gasteiger charge is 2.36. The maximum Gasteiger partial charge on any atom is 0.309 e. The number of aryl methyl sites for hydroxylation is 1. The molecule has 5 aromatic carbocycles. The van der Waals surface area contributed by atoms with Gasteiger partial charge < -0.3 is 9.47 Å². The normalized spacial score (nSPS) is 13.0. The number of ether oxygens (including phenoxy) is 2. The molecular weight excluding hydrogens is 592 g/mol. The minimum absolute atomic E-state index is 0.0130. The van der Waals surface area contributed by atoms with Crippen molar-refractivity contribution in [2.75, 3.05) is 13.7 Å². The molecule has 1 aliphatic rings. The molecule has 0 bridgehead atoms. The number of carbonyl (C=O) groups is 2. The third-order valence-corrected chi connectivity index (χ3v) is 10.0. The van der Waals surface area contributed by atoms with Gasteiger partial charge in [0.2, 0.25) is 0 Å². The van der Waals surface area contributed by atoms with E-state index in [1.54, 1.807) is 0 Å². The summed E-state index contributed by atoms with van der Waals surface area (Å²) in [5, 5.41) is 0. The smallest absolute Gasteiger partial charge is 0.309 e. The Hall–Kier alpha value is -4.96. The van der Waals surface area contributed by atoms with Gasteiger partial charge in [-0.15, -0.1) is 0 Å². The average Bonchev–Trinajstić information content (AvgIpc) is 3.46. The first-order chi connectivity index (χ1) is 23.5. The summed E-state index contributed by atoms with van der Waals surface area (Å²) in [6.07, 6.45) is 4.19. The molecule has 0 fully saturated rings. The molecule has 0 saturated carbocycles. The van der Waals surface area contributed by atoms with E-state index in [9.17, 15) is 9.59 Å². The van der Waals surface area contributed by atoms with E-state index in [-0.39, 0.29) is 36.3 Å². The van der Waals surface area contributed by atoms with Gasteiger partial charge in [0.1, 0.15) is 6.61 Å². The number of methoxy groups -OCH3 is 1. The summed E-state index contributed by atoms with van der Waals surface area (Å²) >= 11 is 0. The van der Waals surface area contributed by atoms with Crippen molar-refractivity contribution >= 4 is 11.9 Å². The van der Waals surface area contributed by atoms with Crippen molar-refractivity contribution < 1.29 is 19.1 Å². The zero-order chi connectivity index (χ0) is 33.3. The van der Waals surface area contributed by atoms with Crippen LogP contribution in [0.2, 0.25) is 0 Å². The number of carbonyl (C=O) groups excluding carboxylic acids is 2. The van der Waals surface area contributed by atoms with Crippen molar-refractivity contribution in [3.05, 3.63) is 167 Å². The summed E-state index contributed by atoms with van der Waals surface area (Å²) in [7, 11) is 1.39. The van der Waals surface area contributed by atoms with Crippen molar-refractivity contribution in [1.29, 1.82) is 0 Å². The van der Waals surface area contributed by atoms with E-state index >= 15 is 0 Å². The van der Waals surface area contributed by atoms with E-state index in [2.05, 4.69) is 116 Å². The Morgan fingerprint density at radius 3 is 1.73 bits per heavy atom. The number of hydrogen-bond donors (Lipinski definition) is 0. The molecule has 1 aliphatic carbocycles. The second kappa shape index (κ2) is 15.3. The molecule has 5 aromatic rings. The Kier molecular flexibility index (Phi) is 10.5. The first-order valence-electron chi connectivity index (χ1n) is 17.1. The molecule has 0 unspecified atom stereocenters. The highest BCUT2D eigenvalue weighted by Crippen LogP contribution is 2.45. The Morgan fingerprint density at radius 1 is 0.646 bits per heavy atom. The highest BCUT2D eigenvalue weighted by molar-refractivity contribution is 5.81. The number of esters is 2. The molecule has 0 N–H and O–H groups in total. The van der Waals surface area contributed by atoms with Gasteiger partial charge in [0.05, 0.1) is 19.4 Å². The van der Waals surface area contributed by atoms with Crippen LogP contribution in [-0.4, -0.2) is 25.7 Å². The fourth-order valence-electron chi connectivity index (χ4n) is 7.52. The molecule has 0 spiro atoms. The molecule has 4 heteroatoms. The maximum atomic E-state index is 13.1. The number of fused-ring (bicyclic) bond motifs is 3. The molecule has 0 amide bonds. The lowest BCUT2D eigenvalue weighted by Gasteiger charge is -2.36. The maximum absolute atomic E-state index is 13.1. The van der Waals surface area contributed by atoms with E-state index < -0.39 is 5.92 Å². The van der Waals surface area contributed by atoms with E-state index in [1.165, 1.54) is 51.6 Å². The Labute approximate surface area is 284 Å². The molecule has 1 atom stereocenters. The van der Waals surface area contributed by atoms with Crippen LogP contribution in [0.5, 0.6) is 0 Å². The summed E-state index contributed by atoms with van der Waals surface area (Å²) in [5.41, 5.74) is 9.45. The zero-order valence-electron chi connectivity index (χ0n) is 27.9. The third kappa shape index (κ3) is 6.99. The lowest BCUT2D eigenvalue weighted by molar-refractivity contribution is -0.153. The van der Waals surface area contributed by atoms with Crippen LogP contribution >= 0.6 is 0 Å². The lowest BCUT2D eigenvalue weighted by Crippen LogP contribution is -2.29. The van der Waals surface area contributed by atoms with Crippen molar-refractivity contribution in [1.82, 2.24) is 0 Å². The quantitative estimate of drug-likeness (QED) is 0.0692. The molecule has 0 aliphatic heterocycles. The van der Waals surface area contributed by atoms with Crippen LogP contribution in [0.1, 0.15) is 77.8 Å². The second-order valence-electron chi connectivity index (χ2n) is 12.9. The largest absolute Gasteiger partial charge is 0.469 e. The second-order valence-corrected chi connectivity index (χ2v) is 12.9. The molecule has 244 valence electrons. The van der Waals surface area contributed by atoms with Gasteiger partial charge >= 0.3 is 11.9 Å². The Morgan fingerprint density at radius 2 is 1.17 bits per heavy atom. The molecule has 48 heavy (non-hydrogen) atoms. The molecule has 4 nitrogen and oxygen atoms in total. The number of benzene rings is 5. The lowest BCUT2D eigenvalue weighted by atomic mass is 9.66. The van der Waals surface area contributed by atoms with E-state index in [4.69, 9.17) is 9.47 Å². The van der Waals surface area contributed by atoms with Gasteiger partial charge in [-0.1, -0.05) is 158 Å². The minimum atomic E-state index is -0.532. The van der Waals surface area contributed by atoms with Gasteiger partial charge in [0, 0.05) is 11.3 Å². The summed E-state index contributed by atoms with van der Waals surface area (Å²) < 4.78 is 11.0. The third-order valence-electron chi connectivity index (χ3n) is 10.0. The first-order valence-corrected chi connectivity index (χ1v) is 17.1. The van der Waals surface area contributed by atoms with Gasteiger partial charge in [0.15, 0.2) is 0 Å². The zero-order valence-corrected chi connectivity index (χ0v) is 27.9. The van der Waals surface area contributed by atoms with Gasteiger partial charge in [-0.3, -0.25) is 9.59 Å². The van der Waals surface area contributed by atoms with Gasteiger partial charge in [-0.05, 0) is 58.7 Å². The molecule has 0 aromatic heterocycles. The molecular formula is C44H44O4. The Bertz CT molecular complexity index is 1730. The topological polar surface area (TPSA) is 52.6 Å². The van der Waals surface area contributed by atoms with Crippen molar-refractivity contribution in [3.63, 3.8) is 0 Å². The van der Waals surface area contributed by atoms with Crippen LogP contribution < -0.4 is 0 Å². The first kappa shape index (κ1) is 33.0. The molecule has 0 saturated heterocycles. The Balaban J connectivity index is 1.10. The van der Waals surface area contributed by atoms with Gasteiger partial charge in [0.25, 0.3) is 0 Å². The predicted octanol–water partition coefficient (Wildman–Crippen LogP) is 9.81. The number of unbranched alkanes of at least 4 members (excludes halogenated alkanes) is 2. The fraction of sp³-hybridized carbons (Fsp3) is 0.273. The monoisotopic (exact) mass is 636 g/mol. The van der Waals surface area contributed by atoms with E-state index in [0.717, 1.165) is 25.7 Å². The van der Waals surface area contributed by atoms with Crippen molar-refractivity contribution in [2.24, 2.45) is 5.92 Å². The summed E-state index contributed by atoms with van der Waals surface area (Å²) in [5.74, 6) is -1.26. The fourth-order valence-corrected chi connectivity index (χ4v) is 7.52. The minimum Gasteiger partial charge on any atom is -0.469 e. The van der Waals surface area contributed by atoms with Gasteiger partial charge in [-0.2, -0.15) is 0 Å². The van der Waals surface area contributed by atoms with Crippen LogP contribution in [-0.2, 0) is 24.5 Å². The van der Waals surface area contributed by atoms with E-state index in [1.807, 2.05) is 24.3 Å². The molecule has 0 heterocycles. The SMILES string of the molecule is COC(=O)[C@H](CCCCCC(c1ccccc1)(c1ccccc1)c1ccc(C)cc1)CC(=O)OCC1c2ccccc2-c2ccccc21. The van der Waals surface area contributed by atoms with Gasteiger partial charge in [-0.25, -0.2) is 0 Å². The van der Waals surface area contributed by atoms with Crippen LogP contribution in [0.4, 0.5) is 0 Å². The number of hydrogen-bond acceptors (Lipinski definition) is 4. The van der Waals surface area contributed by atoms with Crippen molar-refractivity contribution in [2.45, 2.75) is 56.8 Å². The number of rotatable bonds is 14. The van der Waals surface area contributed by atoms with Crippen LogP contribution in [0, 0.1) is 12.8 Å². The van der Waals surface area contributed by atoms with Crippen LogP contribution in [0.15, 0.2) is 133 Å². The standard InChI is InChI=1S/C44H44O4/c1-32-25-27-36(28-26-32)44(34-17-7-3-8-18-34,35-19-9-4-10-20-35)29-15-5-6-16-33(43(46)47-2)30-42(45)48-31-41-39-23-13-11-21-37(39)38-22-12-14-24-40(38)41/h3-4,7-14,17-28,33,41H,5-6,15-16,29-31H2,1-2H3/t33-/m1/s1. The highest BCUT2D eigenvalue weighted by atomic mass is 16.5. The van der Waals surface area contributed by atoms with Crippen LogP contribution in [0.3, 0.4) is 0 Å². The summed E-state index contributed by atoms with van der Waals surface area (Å²) in [4.78, 5) is 26.0. The van der Waals surface area contributed by atoms with Crippen LogP contribution in [0.25, 0.3) is 11.1 Å². The molecule has 0 radical (unpaired) electrons. The molecule has 6 rings (SSSR count). The average molecular weight is 637 g/mol. The predicted molar refractivity (Wildman–Crippen MR) is 192 cm³/mol. The summed E-state index contributed by atoms with van der Waals surface area (Å²) in [6, 6.07) is 47.0. The van der Waals surface area contributed by atoms with Crippen molar-refractivity contribution in [3.8, 4) is 11.1 Å². The van der Waals surface area contributed by atoms with E-state index in [0.29, 0.717) is 6.42 Å².